The van der Waals surface area contributed by atoms with Gasteiger partial charge in [-0.3, -0.25) is 5.10 Å². The van der Waals surface area contributed by atoms with Crippen LogP contribution in [0.3, 0.4) is 0 Å². The Morgan fingerprint density at radius 2 is 2.23 bits per heavy atom. The molecule has 2 atom stereocenters. The van der Waals surface area contributed by atoms with E-state index in [1.54, 1.807) is 29.2 Å². The second kappa shape index (κ2) is 7.81. The van der Waals surface area contributed by atoms with Crippen molar-refractivity contribution in [3.8, 4) is 22.6 Å². The molecule has 0 amide bonds. The normalized spacial score (nSPS) is 19.3. The summed E-state index contributed by atoms with van der Waals surface area (Å²) in [7, 11) is 0. The lowest BCUT2D eigenvalue weighted by atomic mass is 10.1. The Morgan fingerprint density at radius 1 is 1.30 bits per heavy atom. The van der Waals surface area contributed by atoms with Gasteiger partial charge in [-0.15, -0.1) is 0 Å². The maximum Gasteiger partial charge on any atom is 0.154 e. The van der Waals surface area contributed by atoms with Gasteiger partial charge in [0.2, 0.25) is 0 Å². The number of imidazole rings is 1. The summed E-state index contributed by atoms with van der Waals surface area (Å²) in [6.45, 7) is 1.08. The molecule has 5 rings (SSSR count). The number of H-pyrrole nitrogens is 1. The Morgan fingerprint density at radius 3 is 3.03 bits per heavy atom. The molecule has 1 saturated heterocycles. The summed E-state index contributed by atoms with van der Waals surface area (Å²) in [4.78, 5) is 9.07. The number of rotatable bonds is 5. The minimum Gasteiger partial charge on any atom is -0.392 e. The van der Waals surface area contributed by atoms with Crippen LogP contribution in [0.5, 0.6) is 0 Å². The number of hydrogen-bond acceptors (Lipinski definition) is 7. The number of fused-ring (bicyclic) bond motifs is 1. The molecule has 4 aromatic heterocycles. The first kappa shape index (κ1) is 18.6. The molecule has 0 aliphatic carbocycles. The highest BCUT2D eigenvalue weighted by molar-refractivity contribution is 5.67. The second-order valence-corrected chi connectivity index (χ2v) is 7.24. The second-order valence-electron chi connectivity index (χ2n) is 7.24. The van der Waals surface area contributed by atoms with E-state index in [-0.39, 0.29) is 12.6 Å². The van der Waals surface area contributed by atoms with Crippen LogP contribution in [0.4, 0.5) is 10.2 Å². The Kier molecular flexibility index (Phi) is 4.85. The van der Waals surface area contributed by atoms with Crippen molar-refractivity contribution in [1.29, 1.82) is 0 Å². The fourth-order valence-corrected chi connectivity index (χ4v) is 3.69. The number of nitrogens with zero attached hydrogens (tertiary/aromatic N) is 5. The van der Waals surface area contributed by atoms with Gasteiger partial charge in [-0.25, -0.2) is 18.9 Å². The number of anilines is 1. The number of halogens is 1. The third-order valence-electron chi connectivity index (χ3n) is 5.26. The van der Waals surface area contributed by atoms with Gasteiger partial charge >= 0.3 is 0 Å². The summed E-state index contributed by atoms with van der Waals surface area (Å²) in [5.41, 5.74) is 3.99. The minimum atomic E-state index is -0.913. The van der Waals surface area contributed by atoms with E-state index in [9.17, 15) is 9.50 Å². The highest BCUT2D eigenvalue weighted by Gasteiger charge is 2.24. The van der Waals surface area contributed by atoms with Crippen LogP contribution in [0.15, 0.2) is 42.9 Å². The number of aliphatic hydroxyl groups excluding tert-OH is 1. The number of nitrogens with one attached hydrogen (secondary N) is 3. The third-order valence-corrected chi connectivity index (χ3v) is 5.26. The zero-order chi connectivity index (χ0) is 20.5. The molecule has 1 aliphatic heterocycles. The lowest BCUT2D eigenvalue weighted by Gasteiger charge is -2.28. The van der Waals surface area contributed by atoms with E-state index in [1.807, 2.05) is 18.2 Å². The van der Waals surface area contributed by atoms with E-state index in [1.165, 1.54) is 0 Å². The van der Waals surface area contributed by atoms with Crippen molar-refractivity contribution in [2.75, 3.05) is 18.4 Å². The first-order valence-electron chi connectivity index (χ1n) is 9.79. The van der Waals surface area contributed by atoms with Gasteiger partial charge in [0, 0.05) is 23.9 Å². The van der Waals surface area contributed by atoms with E-state index < -0.39 is 6.17 Å². The van der Waals surface area contributed by atoms with Gasteiger partial charge < -0.3 is 15.7 Å². The molecule has 0 radical (unpaired) electrons. The Balaban J connectivity index is 1.52. The van der Waals surface area contributed by atoms with Crippen molar-refractivity contribution in [3.05, 3.63) is 48.4 Å². The molecule has 9 nitrogen and oxygen atoms in total. The van der Waals surface area contributed by atoms with Crippen LogP contribution in [-0.4, -0.2) is 60.2 Å². The fraction of sp³-hybridized carbons (Fsp3) is 0.300. The van der Waals surface area contributed by atoms with Crippen molar-refractivity contribution in [3.63, 3.8) is 0 Å². The molecule has 4 N–H and O–H groups in total. The smallest absolute Gasteiger partial charge is 0.154 e. The number of pyridine rings is 1. The quantitative estimate of drug-likeness (QED) is 0.398. The lowest BCUT2D eigenvalue weighted by molar-refractivity contribution is 0.241. The monoisotopic (exact) mass is 408 g/mol. The number of alkyl halides is 1. The summed E-state index contributed by atoms with van der Waals surface area (Å²) in [6.07, 6.45) is 4.63. The van der Waals surface area contributed by atoms with Gasteiger partial charge in [-0.1, -0.05) is 6.07 Å². The van der Waals surface area contributed by atoms with Crippen LogP contribution in [0, 0.1) is 0 Å². The molecule has 1 aliphatic rings. The van der Waals surface area contributed by atoms with Gasteiger partial charge in [0.05, 0.1) is 30.7 Å². The summed E-state index contributed by atoms with van der Waals surface area (Å²) in [5, 5.41) is 27.6. The Hall–Kier alpha value is -3.37. The van der Waals surface area contributed by atoms with Gasteiger partial charge in [0.1, 0.15) is 23.4 Å². The highest BCUT2D eigenvalue weighted by atomic mass is 19.1. The van der Waals surface area contributed by atoms with Crippen LogP contribution < -0.4 is 10.6 Å². The zero-order valence-electron chi connectivity index (χ0n) is 16.1. The lowest BCUT2D eigenvalue weighted by Crippen LogP contribution is -2.46. The van der Waals surface area contributed by atoms with Crippen LogP contribution >= 0.6 is 0 Å². The number of aromatic amines is 1. The van der Waals surface area contributed by atoms with E-state index in [4.69, 9.17) is 0 Å². The molecule has 0 unspecified atom stereocenters. The summed E-state index contributed by atoms with van der Waals surface area (Å²) < 4.78 is 15.9. The van der Waals surface area contributed by atoms with Crippen LogP contribution in [-0.2, 0) is 6.61 Å². The van der Waals surface area contributed by atoms with E-state index >= 15 is 0 Å². The van der Waals surface area contributed by atoms with Crippen LogP contribution in [0.1, 0.15) is 12.0 Å². The Bertz CT molecular complexity index is 1160. The SMILES string of the molecule is OCc1cc2ncc(-c3cccc(N[C@H]4CNCC[C@@H]4F)n3)n2nc1-c1cn[nH]c1. The van der Waals surface area contributed by atoms with Gasteiger partial charge in [-0.2, -0.15) is 10.2 Å². The van der Waals surface area contributed by atoms with Crippen molar-refractivity contribution >= 4 is 11.5 Å². The van der Waals surface area contributed by atoms with E-state index in [2.05, 4.69) is 35.9 Å². The molecule has 0 aromatic carbocycles. The van der Waals surface area contributed by atoms with Gasteiger partial charge in [-0.05, 0) is 31.2 Å². The summed E-state index contributed by atoms with van der Waals surface area (Å²) in [6, 6.07) is 7.03. The molecular weight excluding hydrogens is 387 g/mol. The highest BCUT2D eigenvalue weighted by Crippen LogP contribution is 2.26. The molecule has 0 spiro atoms. The van der Waals surface area contributed by atoms with Gasteiger partial charge in [0.15, 0.2) is 5.65 Å². The molecule has 10 heteroatoms. The van der Waals surface area contributed by atoms with E-state index in [0.717, 1.165) is 5.56 Å². The fourth-order valence-electron chi connectivity index (χ4n) is 3.69. The largest absolute Gasteiger partial charge is 0.392 e. The average Bonchev–Trinajstić information content (AvgIpc) is 3.44. The number of aliphatic hydroxyl groups is 1. The molecule has 154 valence electrons. The number of aromatic nitrogens is 6. The van der Waals surface area contributed by atoms with Crippen LogP contribution in [0.25, 0.3) is 28.3 Å². The average molecular weight is 408 g/mol. The first-order valence-corrected chi connectivity index (χ1v) is 9.79. The third kappa shape index (κ3) is 3.40. The molecule has 0 bridgehead atoms. The number of hydrogen-bond donors (Lipinski definition) is 4. The maximum atomic E-state index is 14.2. The molecule has 1 fully saturated rings. The van der Waals surface area contributed by atoms with Crippen molar-refractivity contribution < 1.29 is 9.50 Å². The summed E-state index contributed by atoms with van der Waals surface area (Å²) in [5.74, 6) is 0.598. The van der Waals surface area contributed by atoms with Crippen molar-refractivity contribution in [2.45, 2.75) is 25.2 Å². The molecule has 0 saturated carbocycles. The predicted octanol–water partition coefficient (Wildman–Crippen LogP) is 1.79. The van der Waals surface area contributed by atoms with Crippen molar-refractivity contribution in [2.24, 2.45) is 0 Å². The zero-order valence-corrected chi connectivity index (χ0v) is 16.1. The minimum absolute atomic E-state index is 0.163. The van der Waals surface area contributed by atoms with Gasteiger partial charge in [0.25, 0.3) is 0 Å². The topological polar surface area (TPSA) is 116 Å². The molecular formula is C20H21FN8O. The van der Waals surface area contributed by atoms with E-state index in [0.29, 0.717) is 53.6 Å². The van der Waals surface area contributed by atoms with Crippen LogP contribution in [0.2, 0.25) is 0 Å². The summed E-state index contributed by atoms with van der Waals surface area (Å²) >= 11 is 0. The first-order chi connectivity index (χ1) is 14.7. The maximum absolute atomic E-state index is 14.2. The molecule has 30 heavy (non-hydrogen) atoms. The van der Waals surface area contributed by atoms with Crippen molar-refractivity contribution in [1.82, 2.24) is 35.1 Å². The molecule has 5 heterocycles. The Labute approximate surface area is 171 Å². The number of piperidine rings is 1. The predicted molar refractivity (Wildman–Crippen MR) is 110 cm³/mol. The molecule has 4 aromatic rings. The standard InChI is InChI=1S/C20H21FN8O/c21-14-4-5-22-9-16(14)27-18-3-1-2-15(26-18)17-10-23-19-6-12(11-30)20(28-29(17)19)13-7-24-25-8-13/h1-3,6-8,10,14,16,22,30H,4-5,9,11H2,(H,24,25)(H,26,27)/t14-,16-/m0/s1.